The smallest absolute Gasteiger partial charge is 0.228 e. The maximum atomic E-state index is 13.0. The fourth-order valence-electron chi connectivity index (χ4n) is 3.61. The highest BCUT2D eigenvalue weighted by Crippen LogP contribution is 2.39. The van der Waals surface area contributed by atoms with Crippen molar-refractivity contribution in [3.05, 3.63) is 22.4 Å². The van der Waals surface area contributed by atoms with E-state index in [-0.39, 0.29) is 23.8 Å². The minimum atomic E-state index is -0.0897. The molecule has 2 fully saturated rings. The standard InChI is InChI=1S/C17H24N2O2S/c1-12-7-9-19(10-8-12)17(21)13-5-6-15(20)18(2)16(13)14-4-3-11-22-14/h3-4,11-13,16H,5-10H2,1-2H3/t13-,16-/m0/s1. The molecule has 0 saturated carbocycles. The molecule has 0 aliphatic carbocycles. The van der Waals surface area contributed by atoms with Gasteiger partial charge in [0, 0.05) is 31.4 Å². The molecule has 0 spiro atoms. The van der Waals surface area contributed by atoms with Crippen LogP contribution in [0.5, 0.6) is 0 Å². The summed E-state index contributed by atoms with van der Waals surface area (Å²) in [4.78, 5) is 30.0. The zero-order chi connectivity index (χ0) is 15.7. The highest BCUT2D eigenvalue weighted by molar-refractivity contribution is 7.10. The Hall–Kier alpha value is -1.36. The number of hydrogen-bond acceptors (Lipinski definition) is 3. The Morgan fingerprint density at radius 3 is 2.64 bits per heavy atom. The predicted molar refractivity (Wildman–Crippen MR) is 87.5 cm³/mol. The van der Waals surface area contributed by atoms with Crippen LogP contribution in [0.25, 0.3) is 0 Å². The molecule has 3 heterocycles. The molecule has 2 atom stereocenters. The first-order valence-corrected chi connectivity index (χ1v) is 9.03. The Morgan fingerprint density at radius 1 is 1.27 bits per heavy atom. The summed E-state index contributed by atoms with van der Waals surface area (Å²) in [5.74, 6) is 1.02. The largest absolute Gasteiger partial charge is 0.342 e. The summed E-state index contributed by atoms with van der Waals surface area (Å²) in [6.07, 6.45) is 3.35. The normalized spacial score (nSPS) is 27.3. The Bertz CT molecular complexity index is 535. The van der Waals surface area contributed by atoms with Crippen molar-refractivity contribution in [3.8, 4) is 0 Å². The lowest BCUT2D eigenvalue weighted by Gasteiger charge is -2.41. The first-order valence-electron chi connectivity index (χ1n) is 8.15. The average Bonchev–Trinajstić information content (AvgIpc) is 3.04. The SMILES string of the molecule is CC1CCN(C(=O)[C@H]2CCC(=O)N(C)[C@@H]2c2cccs2)CC1. The second-order valence-electron chi connectivity index (χ2n) is 6.62. The molecule has 0 unspecified atom stereocenters. The van der Waals surface area contributed by atoms with Crippen LogP contribution in [0.2, 0.25) is 0 Å². The molecule has 2 aliphatic rings. The topological polar surface area (TPSA) is 40.6 Å². The number of carbonyl (C=O) groups is 2. The minimum Gasteiger partial charge on any atom is -0.342 e. The van der Waals surface area contributed by atoms with Crippen molar-refractivity contribution in [2.75, 3.05) is 20.1 Å². The van der Waals surface area contributed by atoms with Gasteiger partial charge in [0.15, 0.2) is 0 Å². The number of nitrogens with zero attached hydrogens (tertiary/aromatic N) is 2. The maximum absolute atomic E-state index is 13.0. The van der Waals surface area contributed by atoms with Crippen molar-refractivity contribution in [1.82, 2.24) is 9.80 Å². The zero-order valence-electron chi connectivity index (χ0n) is 13.3. The van der Waals surface area contributed by atoms with Gasteiger partial charge in [0.1, 0.15) is 0 Å². The van der Waals surface area contributed by atoms with Gasteiger partial charge in [-0.1, -0.05) is 13.0 Å². The molecule has 0 radical (unpaired) electrons. The highest BCUT2D eigenvalue weighted by Gasteiger charge is 2.41. The third-order valence-corrected chi connectivity index (χ3v) is 6.05. The van der Waals surface area contributed by atoms with Crippen molar-refractivity contribution in [1.29, 1.82) is 0 Å². The summed E-state index contributed by atoms with van der Waals surface area (Å²) in [7, 11) is 1.84. The van der Waals surface area contributed by atoms with Crippen molar-refractivity contribution in [2.45, 2.75) is 38.6 Å². The Kier molecular flexibility index (Phi) is 4.52. The van der Waals surface area contributed by atoms with E-state index in [0.717, 1.165) is 30.8 Å². The summed E-state index contributed by atoms with van der Waals surface area (Å²) in [6, 6.07) is 3.95. The molecule has 0 aromatic carbocycles. The molecule has 1 aromatic heterocycles. The maximum Gasteiger partial charge on any atom is 0.228 e. The van der Waals surface area contributed by atoms with E-state index in [2.05, 4.69) is 6.92 Å². The molecule has 2 saturated heterocycles. The molecule has 2 amide bonds. The fraction of sp³-hybridized carbons (Fsp3) is 0.647. The van der Waals surface area contributed by atoms with Crippen molar-refractivity contribution in [2.24, 2.45) is 11.8 Å². The van der Waals surface area contributed by atoms with Gasteiger partial charge in [-0.25, -0.2) is 0 Å². The van der Waals surface area contributed by atoms with E-state index >= 15 is 0 Å². The molecule has 120 valence electrons. The number of hydrogen-bond donors (Lipinski definition) is 0. The third kappa shape index (κ3) is 2.91. The van der Waals surface area contributed by atoms with Gasteiger partial charge < -0.3 is 9.80 Å². The van der Waals surface area contributed by atoms with Crippen LogP contribution >= 0.6 is 11.3 Å². The summed E-state index contributed by atoms with van der Waals surface area (Å²) >= 11 is 1.64. The molecule has 5 heteroatoms. The van der Waals surface area contributed by atoms with Crippen LogP contribution in [0.3, 0.4) is 0 Å². The van der Waals surface area contributed by atoms with Gasteiger partial charge in [0.05, 0.1) is 12.0 Å². The average molecular weight is 320 g/mol. The van der Waals surface area contributed by atoms with Crippen LogP contribution in [0.1, 0.15) is 43.5 Å². The van der Waals surface area contributed by atoms with Crippen molar-refractivity contribution >= 4 is 23.2 Å². The number of likely N-dealkylation sites (tertiary alicyclic amines) is 2. The van der Waals surface area contributed by atoms with Crippen LogP contribution in [0, 0.1) is 11.8 Å². The number of amides is 2. The van der Waals surface area contributed by atoms with E-state index in [1.807, 2.05) is 29.5 Å². The van der Waals surface area contributed by atoms with Gasteiger partial charge >= 0.3 is 0 Å². The monoisotopic (exact) mass is 320 g/mol. The van der Waals surface area contributed by atoms with Gasteiger partial charge in [0.2, 0.25) is 11.8 Å². The first-order chi connectivity index (χ1) is 10.6. The Balaban J connectivity index is 1.80. The molecule has 2 aliphatic heterocycles. The van der Waals surface area contributed by atoms with E-state index in [0.29, 0.717) is 18.8 Å². The molecule has 0 bridgehead atoms. The lowest BCUT2D eigenvalue weighted by atomic mass is 9.86. The summed E-state index contributed by atoms with van der Waals surface area (Å²) < 4.78 is 0. The van der Waals surface area contributed by atoms with Gasteiger partial charge in [-0.3, -0.25) is 9.59 Å². The fourth-order valence-corrected chi connectivity index (χ4v) is 4.54. The summed E-state index contributed by atoms with van der Waals surface area (Å²) in [5.41, 5.74) is 0. The molecule has 3 rings (SSSR count). The second-order valence-corrected chi connectivity index (χ2v) is 7.60. The van der Waals surface area contributed by atoms with E-state index in [4.69, 9.17) is 0 Å². The predicted octanol–water partition coefficient (Wildman–Crippen LogP) is 2.92. The van der Waals surface area contributed by atoms with Crippen molar-refractivity contribution < 1.29 is 9.59 Å². The van der Waals surface area contributed by atoms with Crippen LogP contribution < -0.4 is 0 Å². The number of carbonyl (C=O) groups excluding carboxylic acids is 2. The quantitative estimate of drug-likeness (QED) is 0.840. The minimum absolute atomic E-state index is 0.0882. The number of rotatable bonds is 2. The molecule has 4 nitrogen and oxygen atoms in total. The summed E-state index contributed by atoms with van der Waals surface area (Å²) in [6.45, 7) is 3.99. The van der Waals surface area contributed by atoms with E-state index in [9.17, 15) is 9.59 Å². The van der Waals surface area contributed by atoms with Gasteiger partial charge in [-0.05, 0) is 36.6 Å². The number of piperidine rings is 2. The molecular weight excluding hydrogens is 296 g/mol. The van der Waals surface area contributed by atoms with Gasteiger partial charge in [-0.15, -0.1) is 11.3 Å². The molecular formula is C17H24N2O2S. The zero-order valence-corrected chi connectivity index (χ0v) is 14.1. The van der Waals surface area contributed by atoms with E-state index in [1.165, 1.54) is 0 Å². The molecule has 1 aromatic rings. The lowest BCUT2D eigenvalue weighted by molar-refractivity contribution is -0.147. The van der Waals surface area contributed by atoms with Gasteiger partial charge in [-0.2, -0.15) is 0 Å². The second kappa shape index (κ2) is 6.41. The van der Waals surface area contributed by atoms with Crippen LogP contribution in [0.15, 0.2) is 17.5 Å². The lowest BCUT2D eigenvalue weighted by Crippen LogP contribution is -2.49. The molecule has 22 heavy (non-hydrogen) atoms. The first kappa shape index (κ1) is 15.5. The summed E-state index contributed by atoms with van der Waals surface area (Å²) in [5, 5.41) is 2.02. The Morgan fingerprint density at radius 2 is 2.00 bits per heavy atom. The van der Waals surface area contributed by atoms with Crippen LogP contribution in [-0.2, 0) is 9.59 Å². The van der Waals surface area contributed by atoms with Gasteiger partial charge in [0.25, 0.3) is 0 Å². The van der Waals surface area contributed by atoms with E-state index in [1.54, 1.807) is 16.2 Å². The molecule has 0 N–H and O–H groups in total. The van der Waals surface area contributed by atoms with E-state index < -0.39 is 0 Å². The third-order valence-electron chi connectivity index (χ3n) is 5.11. The highest BCUT2D eigenvalue weighted by atomic mass is 32.1. The number of thiophene rings is 1. The van der Waals surface area contributed by atoms with Crippen LogP contribution in [-0.4, -0.2) is 41.8 Å². The Labute approximate surface area is 136 Å². The van der Waals surface area contributed by atoms with Crippen molar-refractivity contribution in [3.63, 3.8) is 0 Å². The van der Waals surface area contributed by atoms with Crippen LogP contribution in [0.4, 0.5) is 0 Å².